The van der Waals surface area contributed by atoms with Crippen LogP contribution in [-0.4, -0.2) is 70.2 Å². The molecule has 1 fully saturated rings. The van der Waals surface area contributed by atoms with Gasteiger partial charge in [-0.15, -0.1) is 0 Å². The minimum absolute atomic E-state index is 0.0588. The molecule has 250 valence electrons. The molecule has 16 heteroatoms. The van der Waals surface area contributed by atoms with Crippen molar-refractivity contribution in [2.75, 3.05) is 31.6 Å². The van der Waals surface area contributed by atoms with Crippen LogP contribution >= 0.6 is 11.6 Å². The zero-order valence-corrected chi connectivity index (χ0v) is 25.9. The van der Waals surface area contributed by atoms with Gasteiger partial charge in [-0.05, 0) is 61.9 Å². The molecule has 0 radical (unpaired) electrons. The lowest BCUT2D eigenvalue weighted by atomic mass is 9.81. The van der Waals surface area contributed by atoms with Gasteiger partial charge in [0.2, 0.25) is 11.5 Å². The number of fused-ring (bicyclic) bond motifs is 2. The van der Waals surface area contributed by atoms with Crippen LogP contribution in [0.15, 0.2) is 54.7 Å². The van der Waals surface area contributed by atoms with Gasteiger partial charge in [-0.3, -0.25) is 14.6 Å². The van der Waals surface area contributed by atoms with Crippen molar-refractivity contribution in [2.45, 2.75) is 30.5 Å². The molecule has 2 aromatic heterocycles. The number of hydrogen-bond acceptors (Lipinski definition) is 7. The van der Waals surface area contributed by atoms with Crippen LogP contribution in [-0.2, 0) is 15.8 Å². The van der Waals surface area contributed by atoms with E-state index in [-0.39, 0.29) is 51.0 Å². The Morgan fingerprint density at radius 3 is 2.46 bits per heavy atom. The number of carbonyl (C=O) groups is 3. The third-order valence-corrected chi connectivity index (χ3v) is 8.74. The quantitative estimate of drug-likeness (QED) is 0.206. The van der Waals surface area contributed by atoms with E-state index in [0.29, 0.717) is 18.5 Å². The average molecular weight is 687 g/mol. The van der Waals surface area contributed by atoms with Gasteiger partial charge in [0.05, 0.1) is 28.5 Å². The van der Waals surface area contributed by atoms with Crippen LogP contribution in [0.25, 0.3) is 22.2 Å². The van der Waals surface area contributed by atoms with Gasteiger partial charge in [0.15, 0.2) is 0 Å². The van der Waals surface area contributed by atoms with Crippen molar-refractivity contribution in [3.63, 3.8) is 0 Å². The van der Waals surface area contributed by atoms with Crippen molar-refractivity contribution >= 4 is 46.0 Å². The van der Waals surface area contributed by atoms with Gasteiger partial charge in [0.25, 0.3) is 5.91 Å². The average Bonchev–Trinajstić information content (AvgIpc) is 3.35. The Kier molecular flexibility index (Phi) is 8.15. The van der Waals surface area contributed by atoms with Gasteiger partial charge in [-0.2, -0.15) is 13.2 Å². The predicted molar refractivity (Wildman–Crippen MR) is 166 cm³/mol. The highest BCUT2D eigenvalue weighted by molar-refractivity contribution is 6.31. The Balaban J connectivity index is 1.39. The van der Waals surface area contributed by atoms with Gasteiger partial charge in [0, 0.05) is 41.4 Å². The molecule has 2 atom stereocenters. The normalized spacial score (nSPS) is 18.4. The maximum absolute atomic E-state index is 14.8. The summed E-state index contributed by atoms with van der Waals surface area (Å²) in [5.41, 5.74) is -0.677. The van der Waals surface area contributed by atoms with Gasteiger partial charge in [-0.1, -0.05) is 11.6 Å². The summed E-state index contributed by atoms with van der Waals surface area (Å²) in [6.07, 6.45) is -3.25. The first-order valence-corrected chi connectivity index (χ1v) is 15.0. The fourth-order valence-corrected chi connectivity index (χ4v) is 5.58. The summed E-state index contributed by atoms with van der Waals surface area (Å²) in [5, 5.41) is 16.7. The molecular formula is C32H27ClF4N6O5. The largest absolute Gasteiger partial charge is 0.489 e. The molecule has 0 spiro atoms. The Morgan fingerprint density at radius 1 is 1.12 bits per heavy atom. The smallest absolute Gasteiger partial charge is 0.424 e. The highest BCUT2D eigenvalue weighted by Gasteiger charge is 2.57. The number of hydrogen-bond donors (Lipinski definition) is 4. The summed E-state index contributed by atoms with van der Waals surface area (Å²) in [5.74, 6) is -2.63. The van der Waals surface area contributed by atoms with E-state index < -0.39 is 53.1 Å². The number of primary amides is 1. The lowest BCUT2D eigenvalue weighted by Gasteiger charge is -2.31. The summed E-state index contributed by atoms with van der Waals surface area (Å²) in [7, 11) is 0. The zero-order chi connectivity index (χ0) is 34.6. The van der Waals surface area contributed by atoms with E-state index in [4.69, 9.17) is 22.1 Å². The molecule has 11 nitrogen and oxygen atoms in total. The second-order valence-corrected chi connectivity index (χ2v) is 12.2. The van der Waals surface area contributed by atoms with Crippen LogP contribution in [0.1, 0.15) is 35.0 Å². The van der Waals surface area contributed by atoms with E-state index in [0.717, 1.165) is 24.6 Å². The zero-order valence-electron chi connectivity index (χ0n) is 25.1. The van der Waals surface area contributed by atoms with Crippen LogP contribution in [0.3, 0.4) is 0 Å². The van der Waals surface area contributed by atoms with Crippen LogP contribution in [0.2, 0.25) is 5.02 Å². The second-order valence-electron chi connectivity index (χ2n) is 11.8. The molecular weight excluding hydrogens is 660 g/mol. The fourth-order valence-electron chi connectivity index (χ4n) is 5.41. The molecule has 2 aromatic carbocycles. The van der Waals surface area contributed by atoms with Crippen molar-refractivity contribution < 1.29 is 41.8 Å². The first kappa shape index (κ1) is 32.9. The number of urea groups is 1. The molecule has 1 unspecified atom stereocenters. The molecule has 2 aliphatic rings. The Hall–Kier alpha value is -5.02. The van der Waals surface area contributed by atoms with Gasteiger partial charge in [-0.25, -0.2) is 14.2 Å². The summed E-state index contributed by atoms with van der Waals surface area (Å²) >= 11 is 6.09. The van der Waals surface area contributed by atoms with Crippen molar-refractivity contribution in [1.29, 1.82) is 0 Å². The number of benzene rings is 2. The van der Waals surface area contributed by atoms with Crippen molar-refractivity contribution in [2.24, 2.45) is 5.73 Å². The summed E-state index contributed by atoms with van der Waals surface area (Å²) < 4.78 is 63.8. The van der Waals surface area contributed by atoms with Crippen LogP contribution in [0.5, 0.6) is 5.75 Å². The van der Waals surface area contributed by atoms with Gasteiger partial charge in [0.1, 0.15) is 29.3 Å². The minimum atomic E-state index is -5.42. The highest BCUT2D eigenvalue weighted by atomic mass is 35.5. The minimum Gasteiger partial charge on any atom is -0.489 e. The fraction of sp³-hybridized carbons (Fsp3) is 0.281. The van der Waals surface area contributed by atoms with Crippen LogP contribution < -0.4 is 21.1 Å². The molecule has 4 heterocycles. The molecule has 4 amide bonds. The Bertz CT molecular complexity index is 1970. The topological polar surface area (TPSA) is 160 Å². The number of rotatable bonds is 7. The molecule has 5 N–H and O–H groups in total. The molecule has 6 rings (SSSR count). The highest BCUT2D eigenvalue weighted by Crippen LogP contribution is 2.47. The summed E-state index contributed by atoms with van der Waals surface area (Å²) in [6, 6.07) is 9.07. The number of alkyl halides is 3. The number of halogens is 5. The number of carbonyl (C=O) groups excluding carboxylic acids is 3. The first-order valence-electron chi connectivity index (χ1n) is 14.6. The van der Waals surface area contributed by atoms with E-state index in [9.17, 15) is 37.1 Å². The molecule has 0 aliphatic carbocycles. The van der Waals surface area contributed by atoms with Crippen molar-refractivity contribution in [1.82, 2.24) is 20.2 Å². The Morgan fingerprint density at radius 2 is 1.83 bits per heavy atom. The van der Waals surface area contributed by atoms with Crippen molar-refractivity contribution in [3.8, 4) is 17.0 Å². The summed E-state index contributed by atoms with van der Waals surface area (Å²) in [4.78, 5) is 48.4. The lowest BCUT2D eigenvalue weighted by molar-refractivity contribution is -0.265. The maximum atomic E-state index is 14.8. The van der Waals surface area contributed by atoms with Gasteiger partial charge >= 0.3 is 12.2 Å². The van der Waals surface area contributed by atoms with E-state index in [1.807, 2.05) is 0 Å². The van der Waals surface area contributed by atoms with E-state index in [1.54, 1.807) is 0 Å². The number of pyridine rings is 2. The van der Waals surface area contributed by atoms with Gasteiger partial charge < -0.3 is 31.1 Å². The molecule has 4 aromatic rings. The Labute approximate surface area is 275 Å². The predicted octanol–water partition coefficient (Wildman–Crippen LogP) is 4.64. The SMILES string of the molecule is C[C@]1(C(N)=O)COc2c1cc(C(O)(CNC(=O)c1cc(NC(=O)N3CCC3)c3ncc(Cl)cc3c1)C(F)(F)F)nc2-c1ccc(F)cc1. The van der Waals surface area contributed by atoms with Crippen LogP contribution in [0.4, 0.5) is 28.0 Å². The maximum Gasteiger partial charge on any atom is 0.424 e. The number of nitrogens with zero attached hydrogens (tertiary/aromatic N) is 3. The number of ether oxygens (including phenoxy) is 1. The molecule has 1 saturated heterocycles. The number of amides is 4. The van der Waals surface area contributed by atoms with E-state index in [1.165, 1.54) is 48.4 Å². The number of nitrogens with one attached hydrogen (secondary N) is 2. The third-order valence-electron chi connectivity index (χ3n) is 8.53. The van der Waals surface area contributed by atoms with E-state index in [2.05, 4.69) is 20.6 Å². The number of anilines is 1. The number of aromatic nitrogens is 2. The summed E-state index contributed by atoms with van der Waals surface area (Å²) in [6.45, 7) is 0.690. The number of nitrogens with two attached hydrogens (primary N) is 1. The number of aliphatic hydroxyl groups is 1. The monoisotopic (exact) mass is 686 g/mol. The number of likely N-dealkylation sites (tertiary alicyclic amines) is 1. The molecule has 0 saturated carbocycles. The van der Waals surface area contributed by atoms with Crippen LogP contribution in [0, 0.1) is 5.82 Å². The standard InChI is InChI=1S/C32H27ClF4N6O5/c1-30(28(38)45)15-48-26-21(30)12-23(42-25(26)16-3-5-20(34)6-4-16)31(47,32(35,36)37)14-40-27(44)18-9-17-10-19(33)13-39-24(17)22(11-18)41-29(46)43-7-2-8-43/h3-6,9-13,47H,2,7-8,14-15H2,1H3,(H2,38,45)(H,40,44)(H,41,46)/t30-,31?/m0/s1. The third kappa shape index (κ3) is 5.72. The lowest BCUT2D eigenvalue weighted by Crippen LogP contribution is -2.51. The second kappa shape index (κ2) is 11.9. The van der Waals surface area contributed by atoms with Crippen molar-refractivity contribution in [3.05, 3.63) is 82.4 Å². The molecule has 48 heavy (non-hydrogen) atoms. The van der Waals surface area contributed by atoms with E-state index >= 15 is 0 Å². The first-order chi connectivity index (χ1) is 22.6. The molecule has 2 aliphatic heterocycles. The molecule has 0 bridgehead atoms.